The number of aromatic nitrogens is 1. The van der Waals surface area contributed by atoms with E-state index >= 15 is 0 Å². The molecule has 0 unspecified atom stereocenters. The molecule has 0 fully saturated rings. The molecule has 5 nitrogen and oxygen atoms in total. The Bertz CT molecular complexity index is 710. The van der Waals surface area contributed by atoms with Gasteiger partial charge in [-0.15, -0.1) is 12.4 Å². The van der Waals surface area contributed by atoms with Gasteiger partial charge in [0.05, 0.1) is 17.7 Å². The van der Waals surface area contributed by atoms with Gasteiger partial charge in [-0.25, -0.2) is 0 Å². The lowest BCUT2D eigenvalue weighted by molar-refractivity contribution is -0.137. The number of carbonyl (C=O) groups is 1. The molecule has 0 spiro atoms. The number of anilines is 1. The van der Waals surface area contributed by atoms with Crippen molar-refractivity contribution in [1.82, 2.24) is 5.16 Å². The van der Waals surface area contributed by atoms with Crippen molar-refractivity contribution in [3.63, 3.8) is 0 Å². The second-order valence-corrected chi connectivity index (χ2v) is 5.15. The zero-order valence-electron chi connectivity index (χ0n) is 13.0. The lowest BCUT2D eigenvalue weighted by Gasteiger charge is -2.12. The van der Waals surface area contributed by atoms with E-state index < -0.39 is 17.6 Å². The minimum atomic E-state index is -4.51. The summed E-state index contributed by atoms with van der Waals surface area (Å²) in [6, 6.07) is 3.26. The van der Waals surface area contributed by atoms with Crippen LogP contribution >= 0.6 is 12.4 Å². The van der Waals surface area contributed by atoms with E-state index in [-0.39, 0.29) is 36.6 Å². The summed E-state index contributed by atoms with van der Waals surface area (Å²) >= 11 is 0. The number of nitrogens with one attached hydrogen (secondary N) is 1. The molecule has 1 aromatic heterocycles. The Kier molecular flexibility index (Phi) is 6.39. The van der Waals surface area contributed by atoms with Crippen LogP contribution in [0, 0.1) is 13.8 Å². The molecule has 0 aliphatic heterocycles. The molecule has 2 rings (SSSR count). The fourth-order valence-electron chi connectivity index (χ4n) is 2.17. The molecule has 1 aromatic carbocycles. The quantitative estimate of drug-likeness (QED) is 0.872. The van der Waals surface area contributed by atoms with Gasteiger partial charge < -0.3 is 15.6 Å². The molecule has 0 radical (unpaired) electrons. The number of carbonyl (C=O) groups excluding carboxylic acids is 1. The molecule has 132 valence electrons. The van der Waals surface area contributed by atoms with Crippen molar-refractivity contribution in [1.29, 1.82) is 0 Å². The van der Waals surface area contributed by atoms with Crippen molar-refractivity contribution < 1.29 is 22.5 Å². The van der Waals surface area contributed by atoms with Crippen LogP contribution in [0.4, 0.5) is 18.9 Å². The van der Waals surface area contributed by atoms with Crippen molar-refractivity contribution in [3.05, 3.63) is 46.3 Å². The van der Waals surface area contributed by atoms with E-state index in [2.05, 4.69) is 10.5 Å². The number of halogens is 4. The molecule has 0 aliphatic rings. The molecule has 0 saturated carbocycles. The summed E-state index contributed by atoms with van der Waals surface area (Å²) in [6.45, 7) is 3.30. The fourth-order valence-corrected chi connectivity index (χ4v) is 2.17. The molecule has 9 heteroatoms. The van der Waals surface area contributed by atoms with Gasteiger partial charge in [-0.05, 0) is 37.6 Å². The molecule has 1 amide bonds. The van der Waals surface area contributed by atoms with Crippen LogP contribution in [0.1, 0.15) is 28.1 Å². The number of nitrogens with two attached hydrogens (primary N) is 1. The highest BCUT2D eigenvalue weighted by molar-refractivity contribution is 5.92. The molecule has 0 atom stereocenters. The molecule has 0 aliphatic carbocycles. The summed E-state index contributed by atoms with van der Waals surface area (Å²) in [4.78, 5) is 12.1. The van der Waals surface area contributed by atoms with E-state index in [9.17, 15) is 18.0 Å². The number of hydrogen-bond donors (Lipinski definition) is 2. The molecule has 0 bridgehead atoms. The predicted octanol–water partition coefficient (Wildman–Crippen LogP) is 3.37. The highest BCUT2D eigenvalue weighted by atomic mass is 35.5. The number of alkyl halides is 3. The van der Waals surface area contributed by atoms with Crippen LogP contribution in [0.3, 0.4) is 0 Å². The Hall–Kier alpha value is -2.06. The van der Waals surface area contributed by atoms with E-state index in [0.717, 1.165) is 12.1 Å². The second-order valence-electron chi connectivity index (χ2n) is 5.15. The van der Waals surface area contributed by atoms with Gasteiger partial charge in [0.1, 0.15) is 5.76 Å². The van der Waals surface area contributed by atoms with Crippen molar-refractivity contribution >= 4 is 24.0 Å². The Morgan fingerprint density at radius 2 is 1.96 bits per heavy atom. The second kappa shape index (κ2) is 7.67. The topological polar surface area (TPSA) is 81.2 Å². The van der Waals surface area contributed by atoms with Gasteiger partial charge in [-0.1, -0.05) is 5.16 Å². The van der Waals surface area contributed by atoms with Crippen LogP contribution in [-0.4, -0.2) is 11.1 Å². The Labute approximate surface area is 142 Å². The van der Waals surface area contributed by atoms with Gasteiger partial charge >= 0.3 is 6.18 Å². The zero-order chi connectivity index (χ0) is 17.2. The van der Waals surface area contributed by atoms with Crippen LogP contribution in [0.25, 0.3) is 0 Å². The van der Waals surface area contributed by atoms with Crippen LogP contribution in [0.5, 0.6) is 0 Å². The van der Waals surface area contributed by atoms with Gasteiger partial charge in [0.25, 0.3) is 0 Å². The first-order valence-electron chi connectivity index (χ1n) is 6.83. The average Bonchev–Trinajstić information content (AvgIpc) is 2.77. The first-order chi connectivity index (χ1) is 10.7. The van der Waals surface area contributed by atoms with E-state index in [1.54, 1.807) is 13.8 Å². The molecule has 2 aromatic rings. The largest absolute Gasteiger partial charge is 0.416 e. The summed E-state index contributed by atoms with van der Waals surface area (Å²) in [5.74, 6) is 0.0473. The standard InChI is InChI=1S/C15H16F3N3O2.ClH/c1-8-13(9(2)23-21-8)6-14(22)20-12-4-10(7-19)3-11(5-12)15(16,17)18;/h3-5H,6-7,19H2,1-2H3,(H,20,22);1H. The molecule has 1 heterocycles. The van der Waals surface area contributed by atoms with E-state index in [4.69, 9.17) is 10.3 Å². The lowest BCUT2D eigenvalue weighted by atomic mass is 10.1. The fraction of sp³-hybridized carbons (Fsp3) is 0.333. The van der Waals surface area contributed by atoms with Crippen LogP contribution < -0.4 is 11.1 Å². The highest BCUT2D eigenvalue weighted by Crippen LogP contribution is 2.32. The third-order valence-electron chi connectivity index (χ3n) is 3.36. The first kappa shape index (κ1) is 20.0. The van der Waals surface area contributed by atoms with E-state index in [1.807, 2.05) is 0 Å². The maximum Gasteiger partial charge on any atom is 0.416 e. The smallest absolute Gasteiger partial charge is 0.361 e. The number of nitrogens with zero attached hydrogens (tertiary/aromatic N) is 1. The van der Waals surface area contributed by atoms with Gasteiger partial charge in [0.15, 0.2) is 0 Å². The van der Waals surface area contributed by atoms with Gasteiger partial charge in [0.2, 0.25) is 5.91 Å². The molecule has 3 N–H and O–H groups in total. The average molecular weight is 364 g/mol. The Balaban J connectivity index is 0.00000288. The van der Waals surface area contributed by atoms with Crippen molar-refractivity contribution in [2.45, 2.75) is 33.0 Å². The van der Waals surface area contributed by atoms with E-state index in [0.29, 0.717) is 17.0 Å². The number of amides is 1. The summed E-state index contributed by atoms with van der Waals surface area (Å²) in [5, 5.41) is 6.19. The summed E-state index contributed by atoms with van der Waals surface area (Å²) in [6.07, 6.45) is -4.54. The first-order valence-corrected chi connectivity index (χ1v) is 6.83. The molecule has 24 heavy (non-hydrogen) atoms. The maximum absolute atomic E-state index is 12.9. The van der Waals surface area contributed by atoms with Gasteiger partial charge in [-0.2, -0.15) is 13.2 Å². The number of hydrogen-bond acceptors (Lipinski definition) is 4. The SMILES string of the molecule is Cc1noc(C)c1CC(=O)Nc1cc(CN)cc(C(F)(F)F)c1.Cl. The van der Waals surface area contributed by atoms with Crippen LogP contribution in [0.2, 0.25) is 0 Å². The maximum atomic E-state index is 12.9. The minimum absolute atomic E-state index is 0. The van der Waals surface area contributed by atoms with Gasteiger partial charge in [-0.3, -0.25) is 4.79 Å². The number of benzene rings is 1. The Morgan fingerprint density at radius 1 is 1.29 bits per heavy atom. The monoisotopic (exact) mass is 363 g/mol. The normalized spacial score (nSPS) is 11.1. The zero-order valence-corrected chi connectivity index (χ0v) is 13.8. The molecular weight excluding hydrogens is 347 g/mol. The summed E-state index contributed by atoms with van der Waals surface area (Å²) in [7, 11) is 0. The number of aryl methyl sites for hydroxylation is 2. The Morgan fingerprint density at radius 3 is 2.46 bits per heavy atom. The highest BCUT2D eigenvalue weighted by Gasteiger charge is 2.31. The summed E-state index contributed by atoms with van der Waals surface area (Å²) in [5.41, 5.74) is 6.09. The molecular formula is C15H17ClF3N3O2. The summed E-state index contributed by atoms with van der Waals surface area (Å²) < 4.78 is 43.5. The van der Waals surface area contributed by atoms with Crippen molar-refractivity contribution in [2.75, 3.05) is 5.32 Å². The van der Waals surface area contributed by atoms with Gasteiger partial charge in [0, 0.05) is 17.8 Å². The predicted molar refractivity (Wildman–Crippen MR) is 84.9 cm³/mol. The third-order valence-corrected chi connectivity index (χ3v) is 3.36. The van der Waals surface area contributed by atoms with Crippen LogP contribution in [-0.2, 0) is 23.9 Å². The molecule has 0 saturated heterocycles. The van der Waals surface area contributed by atoms with Crippen molar-refractivity contribution in [2.24, 2.45) is 5.73 Å². The lowest BCUT2D eigenvalue weighted by Crippen LogP contribution is -2.16. The minimum Gasteiger partial charge on any atom is -0.361 e. The van der Waals surface area contributed by atoms with Crippen LogP contribution in [0.15, 0.2) is 22.7 Å². The third kappa shape index (κ3) is 4.72. The van der Waals surface area contributed by atoms with Crippen molar-refractivity contribution in [3.8, 4) is 0 Å². The number of rotatable bonds is 4. The van der Waals surface area contributed by atoms with E-state index in [1.165, 1.54) is 6.07 Å².